The molecule has 0 atom stereocenters. The number of nitrogens with zero attached hydrogens (tertiary/aromatic N) is 2. The van der Waals surface area contributed by atoms with Gasteiger partial charge in [0.15, 0.2) is 0 Å². The minimum atomic E-state index is 0.463. The van der Waals surface area contributed by atoms with Gasteiger partial charge in [-0.05, 0) is 56.9 Å². The van der Waals surface area contributed by atoms with Gasteiger partial charge < -0.3 is 4.74 Å². The number of aromatic nitrogens is 2. The van der Waals surface area contributed by atoms with Gasteiger partial charge in [0.05, 0.1) is 0 Å². The van der Waals surface area contributed by atoms with E-state index in [2.05, 4.69) is 43.7 Å². The van der Waals surface area contributed by atoms with Crippen LogP contribution in [-0.2, 0) is 6.42 Å². The Balaban J connectivity index is 2.44. The lowest BCUT2D eigenvalue weighted by atomic mass is 10.1. The standard InChI is InChI=1S/C17H21ClN2O/c1-6-7-15-19-16(18)13(5)17(20-15)21-14-9-10(2)8-11(3)12(14)4/h8-9H,6-7H2,1-5H3. The average molecular weight is 305 g/mol. The number of benzene rings is 1. The molecule has 112 valence electrons. The zero-order valence-corrected chi connectivity index (χ0v) is 14.0. The topological polar surface area (TPSA) is 35.0 Å². The summed E-state index contributed by atoms with van der Waals surface area (Å²) in [6.45, 7) is 10.2. The fraction of sp³-hybridized carbons (Fsp3) is 0.412. The van der Waals surface area contributed by atoms with E-state index in [-0.39, 0.29) is 0 Å². The Labute approximate surface area is 131 Å². The Hall–Kier alpha value is -1.61. The van der Waals surface area contributed by atoms with Crippen molar-refractivity contribution in [2.24, 2.45) is 0 Å². The van der Waals surface area contributed by atoms with Gasteiger partial charge in [0.1, 0.15) is 16.7 Å². The molecule has 21 heavy (non-hydrogen) atoms. The van der Waals surface area contributed by atoms with Crippen LogP contribution in [0.3, 0.4) is 0 Å². The highest BCUT2D eigenvalue weighted by Crippen LogP contribution is 2.31. The molecule has 0 N–H and O–H groups in total. The molecule has 0 saturated heterocycles. The van der Waals surface area contributed by atoms with Crippen LogP contribution in [0.5, 0.6) is 11.6 Å². The molecule has 0 radical (unpaired) electrons. The van der Waals surface area contributed by atoms with Crippen molar-refractivity contribution in [1.82, 2.24) is 9.97 Å². The molecule has 0 aliphatic carbocycles. The Morgan fingerprint density at radius 2 is 1.76 bits per heavy atom. The minimum absolute atomic E-state index is 0.463. The second-order valence-corrected chi connectivity index (χ2v) is 5.78. The van der Waals surface area contributed by atoms with Crippen LogP contribution in [0.15, 0.2) is 12.1 Å². The molecule has 2 rings (SSSR count). The Kier molecular flexibility index (Phi) is 4.84. The summed E-state index contributed by atoms with van der Waals surface area (Å²) >= 11 is 6.19. The van der Waals surface area contributed by atoms with E-state index < -0.39 is 0 Å². The van der Waals surface area contributed by atoms with Crippen LogP contribution in [0.4, 0.5) is 0 Å². The maximum atomic E-state index is 6.19. The van der Waals surface area contributed by atoms with Crippen LogP contribution < -0.4 is 4.74 Å². The van der Waals surface area contributed by atoms with Crippen molar-refractivity contribution < 1.29 is 4.74 Å². The smallest absolute Gasteiger partial charge is 0.227 e. The van der Waals surface area contributed by atoms with E-state index in [9.17, 15) is 0 Å². The fourth-order valence-electron chi connectivity index (χ4n) is 2.16. The number of hydrogen-bond acceptors (Lipinski definition) is 3. The van der Waals surface area contributed by atoms with Gasteiger partial charge >= 0.3 is 0 Å². The lowest BCUT2D eigenvalue weighted by molar-refractivity contribution is 0.450. The van der Waals surface area contributed by atoms with Crippen molar-refractivity contribution in [3.8, 4) is 11.6 Å². The van der Waals surface area contributed by atoms with Gasteiger partial charge in [0, 0.05) is 12.0 Å². The molecule has 0 saturated carbocycles. The van der Waals surface area contributed by atoms with Crippen molar-refractivity contribution in [2.75, 3.05) is 0 Å². The zero-order chi connectivity index (χ0) is 15.6. The maximum Gasteiger partial charge on any atom is 0.227 e. The van der Waals surface area contributed by atoms with Gasteiger partial charge in [-0.15, -0.1) is 0 Å². The first-order chi connectivity index (χ1) is 9.92. The third kappa shape index (κ3) is 3.53. The number of hydrogen-bond donors (Lipinski definition) is 0. The van der Waals surface area contributed by atoms with Crippen molar-refractivity contribution in [3.05, 3.63) is 45.4 Å². The number of halogens is 1. The lowest BCUT2D eigenvalue weighted by Gasteiger charge is -2.14. The zero-order valence-electron chi connectivity index (χ0n) is 13.2. The second-order valence-electron chi connectivity index (χ2n) is 5.42. The van der Waals surface area contributed by atoms with Gasteiger partial charge in [-0.2, -0.15) is 4.98 Å². The number of ether oxygens (including phenoxy) is 1. The highest BCUT2D eigenvalue weighted by molar-refractivity contribution is 6.30. The van der Waals surface area contributed by atoms with Crippen LogP contribution in [0.2, 0.25) is 5.15 Å². The van der Waals surface area contributed by atoms with Crippen LogP contribution in [0, 0.1) is 27.7 Å². The molecule has 0 amide bonds. The van der Waals surface area contributed by atoms with E-state index >= 15 is 0 Å². The Morgan fingerprint density at radius 3 is 2.43 bits per heavy atom. The molecule has 1 heterocycles. The van der Waals surface area contributed by atoms with E-state index in [1.165, 1.54) is 11.1 Å². The minimum Gasteiger partial charge on any atom is -0.438 e. The molecule has 0 fully saturated rings. The molecular formula is C17H21ClN2O. The third-order valence-corrected chi connectivity index (χ3v) is 3.90. The molecule has 0 bridgehead atoms. The maximum absolute atomic E-state index is 6.19. The first kappa shape index (κ1) is 15.8. The summed E-state index contributed by atoms with van der Waals surface area (Å²) in [5.74, 6) is 2.10. The van der Waals surface area contributed by atoms with Gasteiger partial charge in [-0.3, -0.25) is 0 Å². The Bertz CT molecular complexity index is 668. The molecule has 2 aromatic rings. The van der Waals surface area contributed by atoms with Crippen molar-refractivity contribution in [2.45, 2.75) is 47.5 Å². The number of aryl methyl sites for hydroxylation is 3. The van der Waals surface area contributed by atoms with E-state index in [1.807, 2.05) is 13.0 Å². The summed E-state index contributed by atoms with van der Waals surface area (Å²) < 4.78 is 6.03. The van der Waals surface area contributed by atoms with Crippen LogP contribution >= 0.6 is 11.6 Å². The van der Waals surface area contributed by atoms with Gasteiger partial charge in [-0.1, -0.05) is 24.6 Å². The normalized spacial score (nSPS) is 10.8. The predicted octanol–water partition coefficient (Wildman–Crippen LogP) is 5.11. The van der Waals surface area contributed by atoms with Crippen molar-refractivity contribution in [1.29, 1.82) is 0 Å². The first-order valence-electron chi connectivity index (χ1n) is 7.21. The molecule has 0 unspecified atom stereocenters. The van der Waals surface area contributed by atoms with E-state index in [0.29, 0.717) is 11.0 Å². The predicted molar refractivity (Wildman–Crippen MR) is 86.5 cm³/mol. The quantitative estimate of drug-likeness (QED) is 0.736. The molecule has 1 aromatic heterocycles. The van der Waals surface area contributed by atoms with Crippen LogP contribution in [0.25, 0.3) is 0 Å². The summed E-state index contributed by atoms with van der Waals surface area (Å²) in [5, 5.41) is 0.463. The average Bonchev–Trinajstić information content (AvgIpc) is 2.41. The summed E-state index contributed by atoms with van der Waals surface area (Å²) in [7, 11) is 0. The van der Waals surface area contributed by atoms with Crippen LogP contribution in [0.1, 0.15) is 41.4 Å². The summed E-state index contributed by atoms with van der Waals surface area (Å²) in [5.41, 5.74) is 4.26. The van der Waals surface area contributed by atoms with Gasteiger partial charge in [0.25, 0.3) is 0 Å². The largest absolute Gasteiger partial charge is 0.438 e. The molecule has 1 aromatic carbocycles. The molecular weight excluding hydrogens is 284 g/mol. The highest BCUT2D eigenvalue weighted by Gasteiger charge is 2.13. The highest BCUT2D eigenvalue weighted by atomic mass is 35.5. The van der Waals surface area contributed by atoms with E-state index in [1.54, 1.807) is 0 Å². The Morgan fingerprint density at radius 1 is 1.05 bits per heavy atom. The second kappa shape index (κ2) is 6.44. The SMILES string of the molecule is CCCc1nc(Cl)c(C)c(Oc2cc(C)cc(C)c2C)n1. The van der Waals surface area contributed by atoms with Crippen molar-refractivity contribution >= 4 is 11.6 Å². The molecule has 4 heteroatoms. The monoisotopic (exact) mass is 304 g/mol. The molecule has 0 aliphatic rings. The van der Waals surface area contributed by atoms with Gasteiger partial charge in [0.2, 0.25) is 5.88 Å². The summed E-state index contributed by atoms with van der Waals surface area (Å²) in [6, 6.07) is 4.17. The lowest BCUT2D eigenvalue weighted by Crippen LogP contribution is -2.02. The van der Waals surface area contributed by atoms with Crippen molar-refractivity contribution in [3.63, 3.8) is 0 Å². The molecule has 3 nitrogen and oxygen atoms in total. The number of rotatable bonds is 4. The van der Waals surface area contributed by atoms with E-state index in [4.69, 9.17) is 16.3 Å². The summed E-state index contributed by atoms with van der Waals surface area (Å²) in [4.78, 5) is 8.80. The third-order valence-electron chi connectivity index (χ3n) is 3.53. The fourth-order valence-corrected chi connectivity index (χ4v) is 2.34. The molecule has 0 spiro atoms. The summed E-state index contributed by atoms with van der Waals surface area (Å²) in [6.07, 6.45) is 1.77. The van der Waals surface area contributed by atoms with Crippen LogP contribution in [-0.4, -0.2) is 9.97 Å². The molecule has 0 aliphatic heterocycles. The van der Waals surface area contributed by atoms with Gasteiger partial charge in [-0.25, -0.2) is 4.98 Å². The first-order valence-corrected chi connectivity index (χ1v) is 7.58. The van der Waals surface area contributed by atoms with E-state index in [0.717, 1.165) is 35.5 Å².